The van der Waals surface area contributed by atoms with Crippen molar-refractivity contribution in [1.82, 2.24) is 20.0 Å². The molecule has 5 nitrogen and oxygen atoms in total. The number of likely N-dealkylation sites (N-methyl/N-ethyl adjacent to an activating group) is 1. The van der Waals surface area contributed by atoms with Crippen molar-refractivity contribution < 1.29 is 0 Å². The molecule has 3 heterocycles. The van der Waals surface area contributed by atoms with Gasteiger partial charge in [0.25, 0.3) is 0 Å². The fourth-order valence-electron chi connectivity index (χ4n) is 4.22. The summed E-state index contributed by atoms with van der Waals surface area (Å²) in [5, 5.41) is 8.95. The molecule has 2 fully saturated rings. The Bertz CT molecular complexity index is 549. The van der Waals surface area contributed by atoms with Crippen LogP contribution in [0.3, 0.4) is 0 Å². The van der Waals surface area contributed by atoms with Crippen LogP contribution in [0.25, 0.3) is 0 Å². The van der Waals surface area contributed by atoms with Gasteiger partial charge in [-0.1, -0.05) is 6.42 Å². The van der Waals surface area contributed by atoms with Crippen molar-refractivity contribution in [3.05, 3.63) is 17.3 Å². The van der Waals surface area contributed by atoms with Crippen LogP contribution in [-0.2, 0) is 12.8 Å². The highest BCUT2D eigenvalue weighted by Crippen LogP contribution is 2.26. The quantitative estimate of drug-likeness (QED) is 0.825. The molecule has 0 N–H and O–H groups in total. The van der Waals surface area contributed by atoms with Gasteiger partial charge in [0, 0.05) is 32.2 Å². The van der Waals surface area contributed by atoms with Gasteiger partial charge in [0.1, 0.15) is 0 Å². The Morgan fingerprint density at radius 2 is 1.83 bits per heavy atom. The third kappa shape index (κ3) is 3.57. The van der Waals surface area contributed by atoms with E-state index < -0.39 is 0 Å². The molecular weight excluding hydrogens is 298 g/mol. The second kappa shape index (κ2) is 7.36. The van der Waals surface area contributed by atoms with Crippen molar-refractivity contribution in [2.75, 3.05) is 51.2 Å². The number of aromatic nitrogens is 2. The fourth-order valence-corrected chi connectivity index (χ4v) is 4.22. The average molecular weight is 329 g/mol. The van der Waals surface area contributed by atoms with Gasteiger partial charge in [-0.05, 0) is 70.3 Å². The van der Waals surface area contributed by atoms with Gasteiger partial charge >= 0.3 is 0 Å². The number of aryl methyl sites for hydroxylation is 2. The molecule has 4 rings (SSSR count). The Morgan fingerprint density at radius 3 is 2.67 bits per heavy atom. The lowest BCUT2D eigenvalue weighted by Gasteiger charge is -2.45. The molecule has 0 unspecified atom stereocenters. The van der Waals surface area contributed by atoms with Crippen LogP contribution in [0.15, 0.2) is 6.07 Å². The van der Waals surface area contributed by atoms with Crippen LogP contribution in [-0.4, -0.2) is 72.4 Å². The van der Waals surface area contributed by atoms with E-state index in [9.17, 15) is 0 Å². The summed E-state index contributed by atoms with van der Waals surface area (Å²) in [5.74, 6) is 1.09. The highest BCUT2D eigenvalue weighted by Gasteiger charge is 2.31. The summed E-state index contributed by atoms with van der Waals surface area (Å²) in [6, 6.07) is 2.97. The standard InChI is InChI=1S/C19H31N5/c1-22(11-12-23-9-5-2-6-10-23)17-14-24(15-17)19-13-16-7-3-4-8-18(16)20-21-19/h13,17H,2-12,14-15H2,1H3. The first-order chi connectivity index (χ1) is 11.8. The van der Waals surface area contributed by atoms with Crippen LogP contribution in [0.4, 0.5) is 5.82 Å². The van der Waals surface area contributed by atoms with E-state index >= 15 is 0 Å². The Kier molecular flexibility index (Phi) is 4.99. The van der Waals surface area contributed by atoms with Gasteiger partial charge in [0.2, 0.25) is 0 Å². The third-order valence-corrected chi connectivity index (χ3v) is 6.08. The Morgan fingerprint density at radius 1 is 1.04 bits per heavy atom. The summed E-state index contributed by atoms with van der Waals surface area (Å²) in [5.41, 5.74) is 2.67. The van der Waals surface area contributed by atoms with Crippen molar-refractivity contribution in [2.24, 2.45) is 0 Å². The molecule has 0 amide bonds. The second-order valence-electron chi connectivity index (χ2n) is 7.82. The van der Waals surface area contributed by atoms with E-state index in [-0.39, 0.29) is 0 Å². The molecule has 0 saturated carbocycles. The smallest absolute Gasteiger partial charge is 0.151 e. The Hall–Kier alpha value is -1.20. The average Bonchev–Trinajstić information content (AvgIpc) is 2.59. The number of piperidine rings is 1. The van der Waals surface area contributed by atoms with Gasteiger partial charge in [-0.3, -0.25) is 4.90 Å². The maximum atomic E-state index is 4.48. The van der Waals surface area contributed by atoms with Gasteiger partial charge < -0.3 is 9.80 Å². The lowest BCUT2D eigenvalue weighted by molar-refractivity contribution is 0.155. The third-order valence-electron chi connectivity index (χ3n) is 6.08. The van der Waals surface area contributed by atoms with Crippen LogP contribution in [0, 0.1) is 0 Å². The minimum Gasteiger partial charge on any atom is -0.352 e. The molecule has 0 spiro atoms. The van der Waals surface area contributed by atoms with Crippen molar-refractivity contribution in [3.8, 4) is 0 Å². The number of nitrogens with zero attached hydrogens (tertiary/aromatic N) is 5. The van der Waals surface area contributed by atoms with Crippen LogP contribution in [0.5, 0.6) is 0 Å². The predicted octanol–water partition coefficient (Wildman–Crippen LogP) is 1.96. The summed E-state index contributed by atoms with van der Waals surface area (Å²) in [6.07, 6.45) is 9.07. The van der Waals surface area contributed by atoms with E-state index in [0.29, 0.717) is 6.04 Å². The van der Waals surface area contributed by atoms with Crippen molar-refractivity contribution in [1.29, 1.82) is 0 Å². The summed E-state index contributed by atoms with van der Waals surface area (Å²) in [6.45, 7) is 7.22. The van der Waals surface area contributed by atoms with Crippen molar-refractivity contribution in [3.63, 3.8) is 0 Å². The molecule has 1 aliphatic carbocycles. The molecule has 0 bridgehead atoms. The molecule has 5 heteroatoms. The number of likely N-dealkylation sites (tertiary alicyclic amines) is 1. The van der Waals surface area contributed by atoms with E-state index in [1.807, 2.05) is 0 Å². The molecule has 0 aromatic carbocycles. The number of anilines is 1. The molecule has 0 radical (unpaired) electrons. The maximum absolute atomic E-state index is 4.48. The molecule has 2 saturated heterocycles. The van der Waals surface area contributed by atoms with E-state index in [1.165, 1.54) is 76.0 Å². The van der Waals surface area contributed by atoms with Crippen molar-refractivity contribution >= 4 is 5.82 Å². The summed E-state index contributed by atoms with van der Waals surface area (Å²) in [7, 11) is 2.28. The van der Waals surface area contributed by atoms with Crippen LogP contribution < -0.4 is 4.90 Å². The molecular formula is C19H31N5. The molecule has 2 aliphatic heterocycles. The van der Waals surface area contributed by atoms with Gasteiger partial charge in [-0.25, -0.2) is 0 Å². The predicted molar refractivity (Wildman–Crippen MR) is 97.6 cm³/mol. The van der Waals surface area contributed by atoms with E-state index in [1.54, 1.807) is 0 Å². The number of fused-ring (bicyclic) bond motifs is 1. The zero-order chi connectivity index (χ0) is 16.4. The fraction of sp³-hybridized carbons (Fsp3) is 0.789. The normalized spacial score (nSPS) is 22.5. The van der Waals surface area contributed by atoms with Crippen molar-refractivity contribution in [2.45, 2.75) is 51.0 Å². The summed E-state index contributed by atoms with van der Waals surface area (Å²) >= 11 is 0. The zero-order valence-electron chi connectivity index (χ0n) is 15.1. The van der Waals surface area contributed by atoms with E-state index in [4.69, 9.17) is 0 Å². The minimum atomic E-state index is 0.674. The SMILES string of the molecule is CN(CCN1CCCCC1)C1CN(c2cc3c(nn2)CCCC3)C1. The number of hydrogen-bond acceptors (Lipinski definition) is 5. The van der Waals surface area contributed by atoms with Gasteiger partial charge in [-0.15, -0.1) is 5.10 Å². The zero-order valence-corrected chi connectivity index (χ0v) is 15.1. The molecule has 3 aliphatic rings. The van der Waals surface area contributed by atoms with Crippen LogP contribution >= 0.6 is 0 Å². The molecule has 24 heavy (non-hydrogen) atoms. The first-order valence-electron chi connectivity index (χ1n) is 9.82. The van der Waals surface area contributed by atoms with E-state index in [0.717, 1.165) is 25.3 Å². The van der Waals surface area contributed by atoms with Crippen LogP contribution in [0.2, 0.25) is 0 Å². The maximum Gasteiger partial charge on any atom is 0.151 e. The number of hydrogen-bond donors (Lipinski definition) is 0. The second-order valence-corrected chi connectivity index (χ2v) is 7.82. The largest absolute Gasteiger partial charge is 0.352 e. The van der Waals surface area contributed by atoms with E-state index in [2.05, 4.69) is 38.0 Å². The topological polar surface area (TPSA) is 35.5 Å². The van der Waals surface area contributed by atoms with Gasteiger partial charge in [0.05, 0.1) is 5.69 Å². The van der Waals surface area contributed by atoms with Gasteiger partial charge in [0.15, 0.2) is 5.82 Å². The lowest BCUT2D eigenvalue weighted by atomic mass is 9.96. The Labute approximate surface area is 146 Å². The summed E-state index contributed by atoms with van der Waals surface area (Å²) in [4.78, 5) is 7.56. The molecule has 1 aromatic rings. The highest BCUT2D eigenvalue weighted by molar-refractivity contribution is 5.45. The Balaban J connectivity index is 1.25. The molecule has 0 atom stereocenters. The monoisotopic (exact) mass is 329 g/mol. The number of rotatable bonds is 5. The highest BCUT2D eigenvalue weighted by atomic mass is 15.4. The first kappa shape index (κ1) is 16.3. The van der Waals surface area contributed by atoms with Crippen LogP contribution in [0.1, 0.15) is 43.4 Å². The summed E-state index contributed by atoms with van der Waals surface area (Å²) < 4.78 is 0. The van der Waals surface area contributed by atoms with Gasteiger partial charge in [-0.2, -0.15) is 5.10 Å². The minimum absolute atomic E-state index is 0.674. The molecule has 1 aromatic heterocycles. The first-order valence-corrected chi connectivity index (χ1v) is 9.82. The lowest BCUT2D eigenvalue weighted by Crippen LogP contribution is -2.59. The molecule has 132 valence electrons.